The minimum Gasteiger partial charge on any atom is -0.403 e. The molecule has 4 heteroatoms. The van der Waals surface area contributed by atoms with E-state index < -0.39 is 0 Å². The van der Waals surface area contributed by atoms with Crippen LogP contribution in [-0.2, 0) is 9.31 Å². The van der Waals surface area contributed by atoms with Crippen LogP contribution in [0.2, 0.25) is 5.82 Å². The highest BCUT2D eigenvalue weighted by atomic mass is 16.7. The van der Waals surface area contributed by atoms with Crippen LogP contribution < -0.4 is 0 Å². The number of nitrogens with zero attached hydrogens (tertiary/aromatic N) is 1. The largest absolute Gasteiger partial charge is 0.461 e. The van der Waals surface area contributed by atoms with Gasteiger partial charge in [0.15, 0.2) is 0 Å². The molecule has 1 aliphatic carbocycles. The van der Waals surface area contributed by atoms with Crippen molar-refractivity contribution in [2.75, 3.05) is 0 Å². The van der Waals surface area contributed by atoms with E-state index in [2.05, 4.69) is 33.8 Å². The lowest BCUT2D eigenvalue weighted by atomic mass is 9.65. The van der Waals surface area contributed by atoms with Crippen molar-refractivity contribution in [3.8, 4) is 6.07 Å². The fourth-order valence-corrected chi connectivity index (χ4v) is 3.02. The van der Waals surface area contributed by atoms with E-state index in [-0.39, 0.29) is 24.2 Å². The van der Waals surface area contributed by atoms with E-state index in [1.54, 1.807) is 0 Å². The topological polar surface area (TPSA) is 42.2 Å². The minimum atomic E-state index is -0.227. The van der Waals surface area contributed by atoms with E-state index in [1.165, 1.54) is 0 Å². The lowest BCUT2D eigenvalue weighted by Crippen LogP contribution is -2.41. The minimum absolute atomic E-state index is 0.0661. The standard InChI is InChI=1S/C15H26BNO2/c1-14(2)15(3,4)19-16(18-14)13-9-5-7-12(11-17)8-6-10-13/h12-13H,5-10H2,1-4H3. The van der Waals surface area contributed by atoms with Crippen molar-refractivity contribution in [1.82, 2.24) is 0 Å². The Balaban J connectivity index is 1.95. The molecule has 1 saturated carbocycles. The monoisotopic (exact) mass is 263 g/mol. The summed E-state index contributed by atoms with van der Waals surface area (Å²) in [6, 6.07) is 2.42. The summed E-state index contributed by atoms with van der Waals surface area (Å²) in [6.45, 7) is 8.45. The van der Waals surface area contributed by atoms with E-state index in [0.717, 1.165) is 38.5 Å². The molecule has 0 unspecified atom stereocenters. The van der Waals surface area contributed by atoms with Crippen LogP contribution >= 0.6 is 0 Å². The quantitative estimate of drug-likeness (QED) is 0.673. The van der Waals surface area contributed by atoms with Gasteiger partial charge in [-0.25, -0.2) is 0 Å². The lowest BCUT2D eigenvalue weighted by molar-refractivity contribution is 0.00578. The highest BCUT2D eigenvalue weighted by Crippen LogP contribution is 2.43. The van der Waals surface area contributed by atoms with Gasteiger partial charge in [-0.3, -0.25) is 0 Å². The van der Waals surface area contributed by atoms with Crippen LogP contribution in [0.15, 0.2) is 0 Å². The molecule has 0 spiro atoms. The number of rotatable bonds is 1. The van der Waals surface area contributed by atoms with E-state index in [4.69, 9.17) is 14.6 Å². The summed E-state index contributed by atoms with van der Waals surface area (Å²) < 4.78 is 12.3. The Morgan fingerprint density at radius 2 is 1.42 bits per heavy atom. The van der Waals surface area contributed by atoms with Gasteiger partial charge in [-0.15, -0.1) is 0 Å². The van der Waals surface area contributed by atoms with E-state index in [0.29, 0.717) is 5.82 Å². The van der Waals surface area contributed by atoms with Crippen molar-refractivity contribution in [3.63, 3.8) is 0 Å². The van der Waals surface area contributed by atoms with Gasteiger partial charge in [0.25, 0.3) is 0 Å². The fraction of sp³-hybridized carbons (Fsp3) is 0.933. The molecule has 2 aliphatic rings. The molecule has 0 atom stereocenters. The van der Waals surface area contributed by atoms with Crippen molar-refractivity contribution in [1.29, 1.82) is 5.26 Å². The second-order valence-corrected chi connectivity index (χ2v) is 7.07. The van der Waals surface area contributed by atoms with Crippen molar-refractivity contribution in [3.05, 3.63) is 0 Å². The summed E-state index contributed by atoms with van der Waals surface area (Å²) >= 11 is 0. The molecule has 0 amide bonds. The molecule has 0 aromatic carbocycles. The summed E-state index contributed by atoms with van der Waals surface area (Å²) in [5.74, 6) is 0.750. The molecule has 1 saturated heterocycles. The SMILES string of the molecule is CC1(C)OB(C2CCCC(C#N)CCC2)OC1(C)C. The third-order valence-electron chi connectivity index (χ3n) is 5.09. The van der Waals surface area contributed by atoms with Crippen LogP contribution in [0.5, 0.6) is 0 Å². The normalized spacial score (nSPS) is 34.4. The molecule has 2 fully saturated rings. The molecule has 0 radical (unpaired) electrons. The van der Waals surface area contributed by atoms with Gasteiger partial charge in [0, 0.05) is 5.92 Å². The summed E-state index contributed by atoms with van der Waals surface area (Å²) in [4.78, 5) is 0. The average Bonchev–Trinajstić information content (AvgIpc) is 2.48. The summed E-state index contributed by atoms with van der Waals surface area (Å²) in [5.41, 5.74) is -0.454. The summed E-state index contributed by atoms with van der Waals surface area (Å²) in [7, 11) is -0.0661. The predicted molar refractivity (Wildman–Crippen MR) is 76.6 cm³/mol. The second-order valence-electron chi connectivity index (χ2n) is 7.07. The van der Waals surface area contributed by atoms with Gasteiger partial charge in [-0.05, 0) is 46.4 Å². The van der Waals surface area contributed by atoms with Gasteiger partial charge in [-0.1, -0.05) is 25.7 Å². The van der Waals surface area contributed by atoms with Gasteiger partial charge in [0.2, 0.25) is 0 Å². The summed E-state index contributed by atoms with van der Waals surface area (Å²) in [5, 5.41) is 9.02. The average molecular weight is 263 g/mol. The van der Waals surface area contributed by atoms with Crippen molar-refractivity contribution >= 4 is 7.12 Å². The van der Waals surface area contributed by atoms with Crippen molar-refractivity contribution in [2.45, 2.75) is 83.2 Å². The van der Waals surface area contributed by atoms with Gasteiger partial charge in [-0.2, -0.15) is 5.26 Å². The van der Waals surface area contributed by atoms with Gasteiger partial charge in [0.1, 0.15) is 0 Å². The zero-order chi connectivity index (χ0) is 14.1. The Bertz CT molecular complexity index is 336. The second kappa shape index (κ2) is 5.46. The molecule has 106 valence electrons. The van der Waals surface area contributed by atoms with Crippen LogP contribution in [0.25, 0.3) is 0 Å². The van der Waals surface area contributed by atoms with Crippen molar-refractivity contribution in [2.24, 2.45) is 5.92 Å². The maximum Gasteiger partial charge on any atom is 0.461 e. The Kier molecular flexibility index (Phi) is 4.27. The van der Waals surface area contributed by atoms with E-state index in [1.807, 2.05) is 0 Å². The van der Waals surface area contributed by atoms with Crippen molar-refractivity contribution < 1.29 is 9.31 Å². The molecular weight excluding hydrogens is 237 g/mol. The molecular formula is C15H26BNO2. The van der Waals surface area contributed by atoms with Crippen LogP contribution in [0, 0.1) is 17.2 Å². The van der Waals surface area contributed by atoms with Crippen LogP contribution in [0.3, 0.4) is 0 Å². The molecule has 0 bridgehead atoms. The zero-order valence-electron chi connectivity index (χ0n) is 12.7. The Hall–Kier alpha value is -0.525. The number of nitriles is 1. The molecule has 1 aliphatic heterocycles. The molecule has 0 aromatic heterocycles. The summed E-state index contributed by atoms with van der Waals surface area (Å²) in [6.07, 6.45) is 6.54. The fourth-order valence-electron chi connectivity index (χ4n) is 3.02. The highest BCUT2D eigenvalue weighted by molar-refractivity contribution is 6.47. The number of hydrogen-bond donors (Lipinski definition) is 0. The lowest BCUT2D eigenvalue weighted by Gasteiger charge is -2.32. The molecule has 19 heavy (non-hydrogen) atoms. The first-order valence-corrected chi connectivity index (χ1v) is 7.61. The smallest absolute Gasteiger partial charge is 0.403 e. The van der Waals surface area contributed by atoms with E-state index >= 15 is 0 Å². The first kappa shape index (κ1) is 14.9. The van der Waals surface area contributed by atoms with Gasteiger partial charge < -0.3 is 9.31 Å². The Morgan fingerprint density at radius 3 is 1.84 bits per heavy atom. The molecule has 0 aromatic rings. The Labute approximate surface area is 117 Å². The van der Waals surface area contributed by atoms with Gasteiger partial charge in [0.05, 0.1) is 17.3 Å². The van der Waals surface area contributed by atoms with Crippen LogP contribution in [-0.4, -0.2) is 18.3 Å². The molecule has 3 nitrogen and oxygen atoms in total. The predicted octanol–water partition coefficient (Wildman–Crippen LogP) is 3.94. The first-order chi connectivity index (χ1) is 8.86. The van der Waals surface area contributed by atoms with Gasteiger partial charge >= 0.3 is 7.12 Å². The van der Waals surface area contributed by atoms with Crippen LogP contribution in [0.4, 0.5) is 0 Å². The van der Waals surface area contributed by atoms with Crippen LogP contribution in [0.1, 0.15) is 66.2 Å². The Morgan fingerprint density at radius 1 is 0.947 bits per heavy atom. The van der Waals surface area contributed by atoms with E-state index in [9.17, 15) is 0 Å². The molecule has 1 heterocycles. The molecule has 0 N–H and O–H groups in total. The molecule has 2 rings (SSSR count). The highest BCUT2D eigenvalue weighted by Gasteiger charge is 2.53. The maximum atomic E-state index is 9.02. The first-order valence-electron chi connectivity index (χ1n) is 7.61. The third-order valence-corrected chi connectivity index (χ3v) is 5.09. The third kappa shape index (κ3) is 3.15. The zero-order valence-corrected chi connectivity index (χ0v) is 12.7. The maximum absolute atomic E-state index is 9.02. The number of hydrogen-bond acceptors (Lipinski definition) is 3.